The van der Waals surface area contributed by atoms with E-state index in [0.717, 1.165) is 0 Å². The molecule has 0 radical (unpaired) electrons. The fourth-order valence-corrected chi connectivity index (χ4v) is 1.85. The Morgan fingerprint density at radius 3 is 2.29 bits per heavy atom. The summed E-state index contributed by atoms with van der Waals surface area (Å²) in [5, 5.41) is 19.7. The molecule has 1 saturated carbocycles. The molecule has 1 aliphatic rings. The third kappa shape index (κ3) is 3.58. The third-order valence-electron chi connectivity index (χ3n) is 2.71. The molecular weight excluding hydrogens is 243 g/mol. The van der Waals surface area contributed by atoms with E-state index in [1.807, 2.05) is 0 Å². The minimum Gasteiger partial charge on any atom is -0.481 e. The number of aliphatic hydroxyl groups is 1. The van der Waals surface area contributed by atoms with Crippen LogP contribution in [0.25, 0.3) is 0 Å². The Labute approximate surface area is 94.6 Å². The van der Waals surface area contributed by atoms with Crippen LogP contribution in [-0.4, -0.2) is 40.4 Å². The van der Waals surface area contributed by atoms with E-state index in [4.69, 9.17) is 5.11 Å². The van der Waals surface area contributed by atoms with Gasteiger partial charge in [-0.15, -0.1) is 0 Å². The number of nitrogens with one attached hydrogen (secondary N) is 1. The Bertz CT molecular complexity index is 318. The molecule has 0 aliphatic heterocycles. The van der Waals surface area contributed by atoms with E-state index >= 15 is 0 Å². The average molecular weight is 255 g/mol. The molecule has 98 valence electrons. The van der Waals surface area contributed by atoms with Crippen LogP contribution in [0.3, 0.4) is 0 Å². The van der Waals surface area contributed by atoms with E-state index in [1.54, 1.807) is 5.32 Å². The normalized spacial score (nSPS) is 29.8. The zero-order chi connectivity index (χ0) is 13.2. The van der Waals surface area contributed by atoms with Gasteiger partial charge in [-0.2, -0.15) is 13.2 Å². The Morgan fingerprint density at radius 2 is 1.82 bits per heavy atom. The molecule has 0 aromatic carbocycles. The molecule has 1 amide bonds. The van der Waals surface area contributed by atoms with Gasteiger partial charge in [-0.1, -0.05) is 0 Å². The summed E-state index contributed by atoms with van der Waals surface area (Å²) in [7, 11) is 0. The standard InChI is InChI=1S/C9H12F3NO4/c10-9(11,12)8(17)13-6-3-4(14)1-2-5(6)7(15)16/h4-6,14H,1-3H2,(H,13,17)(H,15,16)/t4-,5+,6-/m1/s1. The second-order valence-electron chi connectivity index (χ2n) is 3.99. The summed E-state index contributed by atoms with van der Waals surface area (Å²) in [5.41, 5.74) is 0. The van der Waals surface area contributed by atoms with Gasteiger partial charge in [-0.25, -0.2) is 0 Å². The highest BCUT2D eigenvalue weighted by atomic mass is 19.4. The highest BCUT2D eigenvalue weighted by Crippen LogP contribution is 2.26. The first-order valence-electron chi connectivity index (χ1n) is 5.00. The summed E-state index contributed by atoms with van der Waals surface area (Å²) >= 11 is 0. The minimum atomic E-state index is -5.05. The lowest BCUT2D eigenvalue weighted by Crippen LogP contribution is -2.51. The number of aliphatic carboxylic acids is 1. The predicted molar refractivity (Wildman–Crippen MR) is 49.0 cm³/mol. The largest absolute Gasteiger partial charge is 0.481 e. The molecule has 1 aliphatic carbocycles. The van der Waals surface area contributed by atoms with Gasteiger partial charge in [-0.3, -0.25) is 9.59 Å². The Hall–Kier alpha value is -1.31. The molecule has 0 unspecified atom stereocenters. The number of amides is 1. The van der Waals surface area contributed by atoms with Gasteiger partial charge in [-0.05, 0) is 19.3 Å². The molecule has 3 atom stereocenters. The molecule has 0 spiro atoms. The molecule has 8 heteroatoms. The first-order chi connectivity index (χ1) is 7.71. The van der Waals surface area contributed by atoms with Crippen LogP contribution in [-0.2, 0) is 9.59 Å². The number of alkyl halides is 3. The molecule has 0 heterocycles. The third-order valence-corrected chi connectivity index (χ3v) is 2.71. The summed E-state index contributed by atoms with van der Waals surface area (Å²) < 4.78 is 36.0. The number of aliphatic hydroxyl groups excluding tert-OH is 1. The minimum absolute atomic E-state index is 0.0410. The van der Waals surface area contributed by atoms with Crippen LogP contribution in [0.2, 0.25) is 0 Å². The van der Waals surface area contributed by atoms with Crippen LogP contribution in [0.1, 0.15) is 19.3 Å². The Balaban J connectivity index is 2.71. The first kappa shape index (κ1) is 13.8. The quantitative estimate of drug-likeness (QED) is 0.661. The number of carboxylic acids is 1. The number of carbonyl (C=O) groups is 2. The van der Waals surface area contributed by atoms with E-state index in [0.29, 0.717) is 0 Å². The Morgan fingerprint density at radius 1 is 1.24 bits per heavy atom. The maximum atomic E-state index is 12.0. The van der Waals surface area contributed by atoms with E-state index < -0.39 is 36.1 Å². The van der Waals surface area contributed by atoms with Crippen LogP contribution in [0, 0.1) is 5.92 Å². The SMILES string of the molecule is O=C(O)[C@H]1CC[C@@H](O)C[C@H]1NC(=O)C(F)(F)F. The Kier molecular flexibility index (Phi) is 3.97. The second-order valence-corrected chi connectivity index (χ2v) is 3.99. The number of halogens is 3. The van der Waals surface area contributed by atoms with Crippen molar-refractivity contribution in [1.29, 1.82) is 0 Å². The van der Waals surface area contributed by atoms with E-state index in [9.17, 15) is 27.9 Å². The second kappa shape index (κ2) is 4.91. The summed E-state index contributed by atoms with van der Waals surface area (Å²) in [5.74, 6) is -4.54. The molecular formula is C9H12F3NO4. The lowest BCUT2D eigenvalue weighted by molar-refractivity contribution is -0.175. The van der Waals surface area contributed by atoms with Crippen molar-refractivity contribution in [2.24, 2.45) is 5.92 Å². The molecule has 3 N–H and O–H groups in total. The van der Waals surface area contributed by atoms with Crippen molar-refractivity contribution in [3.63, 3.8) is 0 Å². The molecule has 0 bridgehead atoms. The lowest BCUT2D eigenvalue weighted by Gasteiger charge is -2.32. The average Bonchev–Trinajstić information content (AvgIpc) is 2.15. The van der Waals surface area contributed by atoms with Crippen LogP contribution in [0.4, 0.5) is 13.2 Å². The number of hydrogen-bond donors (Lipinski definition) is 3. The van der Waals surface area contributed by atoms with Crippen molar-refractivity contribution >= 4 is 11.9 Å². The highest BCUT2D eigenvalue weighted by Gasteiger charge is 2.43. The number of rotatable bonds is 2. The van der Waals surface area contributed by atoms with Gasteiger partial charge >= 0.3 is 18.1 Å². The topological polar surface area (TPSA) is 86.6 Å². The smallest absolute Gasteiger partial charge is 0.471 e. The van der Waals surface area contributed by atoms with E-state index in [-0.39, 0.29) is 19.3 Å². The van der Waals surface area contributed by atoms with Gasteiger partial charge in [0.25, 0.3) is 0 Å². The molecule has 17 heavy (non-hydrogen) atoms. The zero-order valence-electron chi connectivity index (χ0n) is 8.70. The molecule has 0 aromatic heterocycles. The monoisotopic (exact) mass is 255 g/mol. The van der Waals surface area contributed by atoms with Gasteiger partial charge in [0.2, 0.25) is 0 Å². The summed E-state index contributed by atoms with van der Waals surface area (Å²) in [4.78, 5) is 21.5. The number of hydrogen-bond acceptors (Lipinski definition) is 3. The number of carboxylic acid groups (broad SMARTS) is 1. The molecule has 5 nitrogen and oxygen atoms in total. The van der Waals surface area contributed by atoms with Gasteiger partial charge in [0, 0.05) is 6.04 Å². The maximum Gasteiger partial charge on any atom is 0.471 e. The summed E-state index contributed by atoms with van der Waals surface area (Å²) in [6.45, 7) is 0. The predicted octanol–water partition coefficient (Wildman–Crippen LogP) is 0.279. The molecule has 0 aromatic rings. The van der Waals surface area contributed by atoms with Crippen molar-refractivity contribution in [2.45, 2.75) is 37.6 Å². The van der Waals surface area contributed by atoms with Crippen molar-refractivity contribution in [3.05, 3.63) is 0 Å². The van der Waals surface area contributed by atoms with Gasteiger partial charge < -0.3 is 15.5 Å². The van der Waals surface area contributed by atoms with Crippen LogP contribution in [0.5, 0.6) is 0 Å². The van der Waals surface area contributed by atoms with Crippen molar-refractivity contribution in [1.82, 2.24) is 5.32 Å². The molecule has 0 saturated heterocycles. The van der Waals surface area contributed by atoms with E-state index in [2.05, 4.69) is 0 Å². The summed E-state index contributed by atoms with van der Waals surface area (Å²) in [6, 6.07) is -1.19. The fraction of sp³-hybridized carbons (Fsp3) is 0.778. The number of carbonyl (C=O) groups excluding carboxylic acids is 1. The van der Waals surface area contributed by atoms with Gasteiger partial charge in [0.15, 0.2) is 0 Å². The lowest BCUT2D eigenvalue weighted by atomic mass is 9.83. The summed E-state index contributed by atoms with van der Waals surface area (Å²) in [6.07, 6.45) is -5.87. The first-order valence-corrected chi connectivity index (χ1v) is 5.00. The van der Waals surface area contributed by atoms with Crippen molar-refractivity contribution in [3.8, 4) is 0 Å². The molecule has 1 fully saturated rings. The maximum absolute atomic E-state index is 12.0. The van der Waals surface area contributed by atoms with Crippen LogP contribution >= 0.6 is 0 Å². The van der Waals surface area contributed by atoms with Gasteiger partial charge in [0.05, 0.1) is 12.0 Å². The van der Waals surface area contributed by atoms with Crippen molar-refractivity contribution < 1.29 is 33.0 Å². The fourth-order valence-electron chi connectivity index (χ4n) is 1.85. The molecule has 1 rings (SSSR count). The van der Waals surface area contributed by atoms with Gasteiger partial charge in [0.1, 0.15) is 0 Å². The zero-order valence-corrected chi connectivity index (χ0v) is 8.70. The van der Waals surface area contributed by atoms with Crippen molar-refractivity contribution in [2.75, 3.05) is 0 Å². The highest BCUT2D eigenvalue weighted by molar-refractivity contribution is 5.83. The van der Waals surface area contributed by atoms with E-state index in [1.165, 1.54) is 0 Å². The van der Waals surface area contributed by atoms with Crippen LogP contribution in [0.15, 0.2) is 0 Å². The van der Waals surface area contributed by atoms with Crippen LogP contribution < -0.4 is 5.32 Å².